The van der Waals surface area contributed by atoms with Crippen molar-refractivity contribution in [1.82, 2.24) is 10.2 Å². The maximum absolute atomic E-state index is 5.32. The van der Waals surface area contributed by atoms with E-state index in [1.165, 1.54) is 12.8 Å². The van der Waals surface area contributed by atoms with Gasteiger partial charge in [-0.2, -0.15) is 0 Å². The van der Waals surface area contributed by atoms with Crippen LogP contribution in [0.25, 0.3) is 0 Å². The molecule has 0 saturated carbocycles. The van der Waals surface area contributed by atoms with E-state index in [1.807, 2.05) is 14.0 Å². The molecule has 1 aliphatic heterocycles. The molecule has 5 heteroatoms. The van der Waals surface area contributed by atoms with Gasteiger partial charge in [0.05, 0.1) is 0 Å². The number of piperidine rings is 1. The molecule has 0 aromatic heterocycles. The molecular formula is C13H28IN3O. The van der Waals surface area contributed by atoms with Crippen molar-refractivity contribution in [2.75, 3.05) is 39.9 Å². The summed E-state index contributed by atoms with van der Waals surface area (Å²) >= 11 is 0. The van der Waals surface area contributed by atoms with Gasteiger partial charge in [0, 0.05) is 39.9 Å². The van der Waals surface area contributed by atoms with E-state index < -0.39 is 0 Å². The van der Waals surface area contributed by atoms with Crippen LogP contribution >= 0.6 is 24.0 Å². The standard InChI is InChI=1S/C13H27N3O.HI/c1-4-17-10-6-8-15-13(14-3)16-9-5-7-12(2)11-16;/h12H,4-11H2,1-3H3,(H,14,15);1H. The van der Waals surface area contributed by atoms with E-state index in [0.29, 0.717) is 0 Å². The Morgan fingerprint density at radius 1 is 1.50 bits per heavy atom. The summed E-state index contributed by atoms with van der Waals surface area (Å²) < 4.78 is 5.32. The maximum atomic E-state index is 5.32. The molecule has 1 N–H and O–H groups in total. The normalized spacial score (nSPS) is 20.5. The number of aliphatic imine (C=N–C) groups is 1. The van der Waals surface area contributed by atoms with Crippen molar-refractivity contribution in [2.45, 2.75) is 33.1 Å². The molecule has 0 radical (unpaired) electrons. The Morgan fingerprint density at radius 3 is 2.89 bits per heavy atom. The van der Waals surface area contributed by atoms with Gasteiger partial charge in [-0.3, -0.25) is 4.99 Å². The maximum Gasteiger partial charge on any atom is 0.193 e. The minimum atomic E-state index is 0. The molecule has 1 saturated heterocycles. The van der Waals surface area contributed by atoms with Gasteiger partial charge in [0.2, 0.25) is 0 Å². The van der Waals surface area contributed by atoms with Crippen molar-refractivity contribution in [1.29, 1.82) is 0 Å². The molecule has 1 aliphatic rings. The zero-order chi connectivity index (χ0) is 12.5. The second-order valence-electron chi connectivity index (χ2n) is 4.72. The molecule has 18 heavy (non-hydrogen) atoms. The molecule has 1 unspecified atom stereocenters. The fourth-order valence-electron chi connectivity index (χ4n) is 2.23. The number of nitrogens with one attached hydrogen (secondary N) is 1. The third-order valence-corrected chi connectivity index (χ3v) is 3.12. The van der Waals surface area contributed by atoms with E-state index >= 15 is 0 Å². The lowest BCUT2D eigenvalue weighted by Crippen LogP contribution is -2.46. The lowest BCUT2D eigenvalue weighted by atomic mass is 10.0. The average molecular weight is 369 g/mol. The van der Waals surface area contributed by atoms with Crippen LogP contribution in [0, 0.1) is 5.92 Å². The number of hydrogen-bond acceptors (Lipinski definition) is 2. The Hall–Kier alpha value is -0.0400. The number of halogens is 1. The smallest absolute Gasteiger partial charge is 0.193 e. The SMILES string of the molecule is CCOCCCNC(=NC)N1CCCC(C)C1.I. The fraction of sp³-hybridized carbons (Fsp3) is 0.923. The van der Waals surface area contributed by atoms with Crippen LogP contribution in [-0.4, -0.2) is 50.8 Å². The summed E-state index contributed by atoms with van der Waals surface area (Å²) in [6.07, 6.45) is 3.66. The van der Waals surface area contributed by atoms with Crippen LogP contribution in [0.4, 0.5) is 0 Å². The van der Waals surface area contributed by atoms with Crippen LogP contribution in [0.5, 0.6) is 0 Å². The largest absolute Gasteiger partial charge is 0.382 e. The van der Waals surface area contributed by atoms with Crippen molar-refractivity contribution in [2.24, 2.45) is 10.9 Å². The molecule has 0 aromatic rings. The Labute approximate surface area is 129 Å². The lowest BCUT2D eigenvalue weighted by Gasteiger charge is -2.33. The number of hydrogen-bond donors (Lipinski definition) is 1. The van der Waals surface area contributed by atoms with E-state index in [4.69, 9.17) is 4.74 Å². The van der Waals surface area contributed by atoms with Gasteiger partial charge >= 0.3 is 0 Å². The van der Waals surface area contributed by atoms with Crippen LogP contribution < -0.4 is 5.32 Å². The number of rotatable bonds is 5. The molecule has 1 atom stereocenters. The fourth-order valence-corrected chi connectivity index (χ4v) is 2.23. The van der Waals surface area contributed by atoms with E-state index in [1.54, 1.807) is 0 Å². The molecule has 1 fully saturated rings. The highest BCUT2D eigenvalue weighted by molar-refractivity contribution is 14.0. The Kier molecular flexibility index (Phi) is 10.8. The zero-order valence-corrected chi connectivity index (χ0v) is 14.3. The van der Waals surface area contributed by atoms with Gasteiger partial charge in [-0.25, -0.2) is 0 Å². The summed E-state index contributed by atoms with van der Waals surface area (Å²) in [7, 11) is 1.87. The van der Waals surface area contributed by atoms with E-state index in [0.717, 1.165) is 51.1 Å². The van der Waals surface area contributed by atoms with Gasteiger partial charge < -0.3 is 15.0 Å². The third-order valence-electron chi connectivity index (χ3n) is 3.12. The van der Waals surface area contributed by atoms with Gasteiger partial charge in [-0.15, -0.1) is 24.0 Å². The average Bonchev–Trinajstić information content (AvgIpc) is 2.34. The first-order chi connectivity index (χ1) is 8.27. The first-order valence-corrected chi connectivity index (χ1v) is 6.81. The first-order valence-electron chi connectivity index (χ1n) is 6.81. The molecule has 0 bridgehead atoms. The van der Waals surface area contributed by atoms with Gasteiger partial charge in [-0.1, -0.05) is 6.92 Å². The van der Waals surface area contributed by atoms with Crippen LogP contribution in [0.2, 0.25) is 0 Å². The summed E-state index contributed by atoms with van der Waals surface area (Å²) in [6.45, 7) is 9.18. The van der Waals surface area contributed by atoms with Crippen LogP contribution in [0.3, 0.4) is 0 Å². The molecule has 1 heterocycles. The van der Waals surface area contributed by atoms with Crippen LogP contribution in [-0.2, 0) is 4.74 Å². The first kappa shape index (κ1) is 18.0. The number of guanidine groups is 1. The second-order valence-corrected chi connectivity index (χ2v) is 4.72. The highest BCUT2D eigenvalue weighted by atomic mass is 127. The second kappa shape index (κ2) is 10.8. The number of likely N-dealkylation sites (tertiary alicyclic amines) is 1. The van der Waals surface area contributed by atoms with E-state index in [9.17, 15) is 0 Å². The Balaban J connectivity index is 0.00000289. The zero-order valence-electron chi connectivity index (χ0n) is 11.9. The van der Waals surface area contributed by atoms with Crippen molar-refractivity contribution < 1.29 is 4.74 Å². The highest BCUT2D eigenvalue weighted by Gasteiger charge is 2.18. The van der Waals surface area contributed by atoms with Crippen molar-refractivity contribution >= 4 is 29.9 Å². The molecule has 0 aliphatic carbocycles. The lowest BCUT2D eigenvalue weighted by molar-refractivity contribution is 0.145. The van der Waals surface area contributed by atoms with Gasteiger partial charge in [0.15, 0.2) is 5.96 Å². The monoisotopic (exact) mass is 369 g/mol. The minimum Gasteiger partial charge on any atom is -0.382 e. The van der Waals surface area contributed by atoms with Crippen LogP contribution in [0.1, 0.15) is 33.1 Å². The molecule has 4 nitrogen and oxygen atoms in total. The molecule has 0 aromatic carbocycles. The van der Waals surface area contributed by atoms with Gasteiger partial charge in [0.1, 0.15) is 0 Å². The summed E-state index contributed by atoms with van der Waals surface area (Å²) in [5, 5.41) is 3.41. The molecular weight excluding hydrogens is 341 g/mol. The summed E-state index contributed by atoms with van der Waals surface area (Å²) in [4.78, 5) is 6.72. The van der Waals surface area contributed by atoms with Gasteiger partial charge in [0.25, 0.3) is 0 Å². The van der Waals surface area contributed by atoms with Crippen molar-refractivity contribution in [3.8, 4) is 0 Å². The molecule has 0 amide bonds. The Bertz CT molecular complexity index is 236. The van der Waals surface area contributed by atoms with Crippen LogP contribution in [0.15, 0.2) is 4.99 Å². The van der Waals surface area contributed by atoms with Gasteiger partial charge in [-0.05, 0) is 32.1 Å². The highest BCUT2D eigenvalue weighted by Crippen LogP contribution is 2.15. The summed E-state index contributed by atoms with van der Waals surface area (Å²) in [6, 6.07) is 0. The Morgan fingerprint density at radius 2 is 2.28 bits per heavy atom. The number of nitrogens with zero attached hydrogens (tertiary/aromatic N) is 2. The minimum absolute atomic E-state index is 0. The van der Waals surface area contributed by atoms with Crippen molar-refractivity contribution in [3.05, 3.63) is 0 Å². The van der Waals surface area contributed by atoms with Crippen molar-refractivity contribution in [3.63, 3.8) is 0 Å². The van der Waals surface area contributed by atoms with E-state index in [2.05, 4.69) is 22.1 Å². The summed E-state index contributed by atoms with van der Waals surface area (Å²) in [5.74, 6) is 1.83. The number of ether oxygens (including phenoxy) is 1. The topological polar surface area (TPSA) is 36.9 Å². The quantitative estimate of drug-likeness (QED) is 0.350. The third kappa shape index (κ3) is 6.78. The predicted octanol–water partition coefficient (Wildman–Crippen LogP) is 2.34. The molecule has 108 valence electrons. The molecule has 0 spiro atoms. The summed E-state index contributed by atoms with van der Waals surface area (Å²) in [5.41, 5.74) is 0. The molecule has 1 rings (SSSR count). The predicted molar refractivity (Wildman–Crippen MR) is 87.9 cm³/mol. The van der Waals surface area contributed by atoms with E-state index in [-0.39, 0.29) is 24.0 Å².